The van der Waals surface area contributed by atoms with E-state index in [0.29, 0.717) is 0 Å². The molecule has 1 aliphatic heterocycles. The summed E-state index contributed by atoms with van der Waals surface area (Å²) in [6.07, 6.45) is 6.16. The molecule has 132 valence electrons. The van der Waals surface area contributed by atoms with Gasteiger partial charge in [0.25, 0.3) is 0 Å². The largest absolute Gasteiger partial charge is 0.388 e. The molecule has 4 rings (SSSR count). The maximum atomic E-state index is 10.6. The molecule has 2 aliphatic rings. The van der Waals surface area contributed by atoms with Crippen LogP contribution in [0.3, 0.4) is 0 Å². The summed E-state index contributed by atoms with van der Waals surface area (Å²) in [7, 11) is 0. The summed E-state index contributed by atoms with van der Waals surface area (Å²) in [5, 5.41) is 10.6. The van der Waals surface area contributed by atoms with Gasteiger partial charge in [-0.05, 0) is 60.8 Å². The molecule has 1 N–H and O–H groups in total. The van der Waals surface area contributed by atoms with Crippen LogP contribution in [0.25, 0.3) is 11.1 Å². The summed E-state index contributed by atoms with van der Waals surface area (Å²) in [5.74, 6) is 1.89. The molecule has 1 saturated heterocycles. The number of rotatable bonds is 5. The molecular formula is C23H29NO. The number of aliphatic hydroxyl groups excluding tert-OH is 1. The van der Waals surface area contributed by atoms with Crippen molar-refractivity contribution in [3.63, 3.8) is 0 Å². The lowest BCUT2D eigenvalue weighted by Gasteiger charge is -2.25. The van der Waals surface area contributed by atoms with Crippen molar-refractivity contribution in [1.82, 2.24) is 4.90 Å². The van der Waals surface area contributed by atoms with E-state index in [2.05, 4.69) is 53.4 Å². The monoisotopic (exact) mass is 335 g/mol. The van der Waals surface area contributed by atoms with Crippen molar-refractivity contribution in [2.75, 3.05) is 19.6 Å². The Balaban J connectivity index is 1.32. The Labute approximate surface area is 151 Å². The van der Waals surface area contributed by atoms with E-state index in [0.717, 1.165) is 30.4 Å². The lowest BCUT2D eigenvalue weighted by molar-refractivity contribution is 0.136. The molecule has 1 saturated carbocycles. The number of benzene rings is 2. The Hall–Kier alpha value is -1.64. The molecule has 3 unspecified atom stereocenters. The van der Waals surface area contributed by atoms with Crippen molar-refractivity contribution in [2.24, 2.45) is 11.8 Å². The fourth-order valence-electron chi connectivity index (χ4n) is 4.63. The first-order chi connectivity index (χ1) is 12.3. The van der Waals surface area contributed by atoms with Crippen LogP contribution in [0.2, 0.25) is 0 Å². The highest BCUT2D eigenvalue weighted by Crippen LogP contribution is 2.36. The third-order valence-electron chi connectivity index (χ3n) is 6.14. The Kier molecular flexibility index (Phi) is 5.19. The number of hydrogen-bond donors (Lipinski definition) is 1. The Bertz CT molecular complexity index is 666. The number of fused-ring (bicyclic) bond motifs is 2. The molecule has 25 heavy (non-hydrogen) atoms. The molecule has 2 aromatic carbocycles. The molecular weight excluding hydrogens is 306 g/mol. The lowest BCUT2D eigenvalue weighted by Crippen LogP contribution is -2.30. The minimum atomic E-state index is -0.356. The van der Waals surface area contributed by atoms with Crippen LogP contribution in [0, 0.1) is 11.8 Å². The van der Waals surface area contributed by atoms with Gasteiger partial charge in [-0.25, -0.2) is 0 Å². The van der Waals surface area contributed by atoms with Crippen molar-refractivity contribution < 1.29 is 5.11 Å². The van der Waals surface area contributed by atoms with E-state index >= 15 is 0 Å². The fraction of sp³-hybridized carbons (Fsp3) is 0.478. The van der Waals surface area contributed by atoms with Crippen LogP contribution in [0.5, 0.6) is 0 Å². The molecule has 3 atom stereocenters. The van der Waals surface area contributed by atoms with Crippen LogP contribution in [0.1, 0.15) is 43.8 Å². The van der Waals surface area contributed by atoms with Gasteiger partial charge >= 0.3 is 0 Å². The quantitative estimate of drug-likeness (QED) is 0.840. The van der Waals surface area contributed by atoms with Gasteiger partial charge in [0.1, 0.15) is 0 Å². The van der Waals surface area contributed by atoms with Crippen LogP contribution >= 0.6 is 0 Å². The van der Waals surface area contributed by atoms with Gasteiger partial charge < -0.3 is 10.0 Å². The van der Waals surface area contributed by atoms with Crippen LogP contribution in [-0.4, -0.2) is 29.6 Å². The molecule has 2 nitrogen and oxygen atoms in total. The minimum absolute atomic E-state index is 0.356. The van der Waals surface area contributed by atoms with Gasteiger partial charge in [-0.2, -0.15) is 0 Å². The smallest absolute Gasteiger partial charge is 0.0802 e. The van der Waals surface area contributed by atoms with E-state index in [1.807, 2.05) is 6.07 Å². The Morgan fingerprint density at radius 3 is 2.40 bits per heavy atom. The lowest BCUT2D eigenvalue weighted by atomic mass is 10.0. The van der Waals surface area contributed by atoms with Crippen molar-refractivity contribution in [2.45, 2.75) is 38.2 Å². The first-order valence-electron chi connectivity index (χ1n) is 9.84. The van der Waals surface area contributed by atoms with Gasteiger partial charge in [0.05, 0.1) is 6.10 Å². The van der Waals surface area contributed by atoms with E-state index in [9.17, 15) is 5.11 Å². The molecule has 2 heteroatoms. The second-order valence-electron chi connectivity index (χ2n) is 7.93. The van der Waals surface area contributed by atoms with Crippen LogP contribution in [0.15, 0.2) is 54.6 Å². The van der Waals surface area contributed by atoms with E-state index in [1.54, 1.807) is 0 Å². The SMILES string of the molecule is OC(CCN1CCC2CCC(C2)C1)c1ccc(-c2ccccc2)cc1. The van der Waals surface area contributed by atoms with Gasteiger partial charge in [-0.1, -0.05) is 61.0 Å². The number of likely N-dealkylation sites (tertiary alicyclic amines) is 1. The standard InChI is InChI=1S/C23H29NO/c25-23(13-15-24-14-12-18-6-7-19(16-18)17-24)22-10-8-21(9-11-22)20-4-2-1-3-5-20/h1-5,8-11,18-19,23,25H,6-7,12-17H2. The summed E-state index contributed by atoms with van der Waals surface area (Å²) in [6.45, 7) is 3.49. The summed E-state index contributed by atoms with van der Waals surface area (Å²) in [6, 6.07) is 18.8. The summed E-state index contributed by atoms with van der Waals surface area (Å²) < 4.78 is 0. The highest BCUT2D eigenvalue weighted by Gasteiger charge is 2.29. The molecule has 1 aliphatic carbocycles. The van der Waals surface area contributed by atoms with Crippen LogP contribution in [-0.2, 0) is 0 Å². The third-order valence-corrected chi connectivity index (χ3v) is 6.14. The zero-order chi connectivity index (χ0) is 17.1. The van der Waals surface area contributed by atoms with E-state index in [-0.39, 0.29) is 6.10 Å². The molecule has 1 heterocycles. The molecule has 0 amide bonds. The Morgan fingerprint density at radius 2 is 1.60 bits per heavy atom. The number of aliphatic hydroxyl groups is 1. The van der Waals surface area contributed by atoms with E-state index in [4.69, 9.17) is 0 Å². The second kappa shape index (κ2) is 7.72. The topological polar surface area (TPSA) is 23.5 Å². The minimum Gasteiger partial charge on any atom is -0.388 e. The molecule has 2 fully saturated rings. The van der Waals surface area contributed by atoms with Gasteiger partial charge in [-0.15, -0.1) is 0 Å². The first kappa shape index (κ1) is 16.8. The zero-order valence-corrected chi connectivity index (χ0v) is 15.0. The first-order valence-corrected chi connectivity index (χ1v) is 9.84. The highest BCUT2D eigenvalue weighted by atomic mass is 16.3. The van der Waals surface area contributed by atoms with Crippen molar-refractivity contribution in [3.8, 4) is 11.1 Å². The van der Waals surface area contributed by atoms with E-state index in [1.165, 1.54) is 49.9 Å². The van der Waals surface area contributed by atoms with Crippen molar-refractivity contribution >= 4 is 0 Å². The summed E-state index contributed by atoms with van der Waals surface area (Å²) in [5.41, 5.74) is 3.47. The molecule has 0 radical (unpaired) electrons. The summed E-state index contributed by atoms with van der Waals surface area (Å²) >= 11 is 0. The predicted molar refractivity (Wildman–Crippen MR) is 103 cm³/mol. The van der Waals surface area contributed by atoms with Gasteiger partial charge in [0.2, 0.25) is 0 Å². The summed E-state index contributed by atoms with van der Waals surface area (Å²) in [4.78, 5) is 2.59. The highest BCUT2D eigenvalue weighted by molar-refractivity contribution is 5.63. The van der Waals surface area contributed by atoms with Gasteiger partial charge in [0.15, 0.2) is 0 Å². The maximum absolute atomic E-state index is 10.6. The number of hydrogen-bond acceptors (Lipinski definition) is 2. The maximum Gasteiger partial charge on any atom is 0.0802 e. The van der Waals surface area contributed by atoms with Crippen LogP contribution in [0.4, 0.5) is 0 Å². The Morgan fingerprint density at radius 1 is 0.880 bits per heavy atom. The van der Waals surface area contributed by atoms with E-state index < -0.39 is 0 Å². The molecule has 2 aromatic rings. The normalized spacial score (nSPS) is 24.8. The van der Waals surface area contributed by atoms with Crippen LogP contribution < -0.4 is 0 Å². The molecule has 0 aromatic heterocycles. The fourth-order valence-corrected chi connectivity index (χ4v) is 4.63. The second-order valence-corrected chi connectivity index (χ2v) is 7.93. The molecule has 0 spiro atoms. The predicted octanol–water partition coefficient (Wildman–Crippen LogP) is 4.90. The average Bonchev–Trinajstić information content (AvgIpc) is 3.01. The van der Waals surface area contributed by atoms with Gasteiger partial charge in [0, 0.05) is 13.1 Å². The van der Waals surface area contributed by atoms with Crippen molar-refractivity contribution in [1.29, 1.82) is 0 Å². The van der Waals surface area contributed by atoms with Crippen molar-refractivity contribution in [3.05, 3.63) is 60.2 Å². The average molecular weight is 335 g/mol. The molecule has 2 bridgehead atoms. The zero-order valence-electron chi connectivity index (χ0n) is 15.0. The number of nitrogens with zero attached hydrogens (tertiary/aromatic N) is 1. The third kappa shape index (κ3) is 4.13. The van der Waals surface area contributed by atoms with Gasteiger partial charge in [-0.3, -0.25) is 0 Å².